The first-order valence-corrected chi connectivity index (χ1v) is 9.26. The van der Waals surface area contributed by atoms with Gasteiger partial charge in [0.05, 0.1) is 0 Å². The molecule has 140 valence electrons. The average molecular weight is 452 g/mol. The van der Waals surface area contributed by atoms with Crippen molar-refractivity contribution in [3.63, 3.8) is 0 Å². The minimum Gasteiger partial charge on any atom is -0.488 e. The lowest BCUT2D eigenvalue weighted by Crippen LogP contribution is -2.41. The third kappa shape index (κ3) is 4.90. The minimum atomic E-state index is -1.28. The first-order valence-electron chi connectivity index (χ1n) is 8.09. The SMILES string of the molecule is CC1(C)OC(=O)C(=Cc2cc(Br)ccc2OCc2ccc(Cl)cc2)C(=O)O1. The molecule has 5 nitrogen and oxygen atoms in total. The number of rotatable bonds is 4. The molecule has 0 saturated carbocycles. The third-order valence-electron chi connectivity index (χ3n) is 3.70. The number of hydrogen-bond acceptors (Lipinski definition) is 5. The zero-order valence-electron chi connectivity index (χ0n) is 14.6. The Morgan fingerprint density at radius 2 is 1.70 bits per heavy atom. The van der Waals surface area contributed by atoms with Crippen molar-refractivity contribution in [3.8, 4) is 5.75 Å². The van der Waals surface area contributed by atoms with Crippen LogP contribution in [0.5, 0.6) is 5.75 Å². The molecule has 2 aromatic carbocycles. The Bertz CT molecular complexity index is 896. The zero-order chi connectivity index (χ0) is 19.6. The van der Waals surface area contributed by atoms with Gasteiger partial charge < -0.3 is 14.2 Å². The van der Waals surface area contributed by atoms with Gasteiger partial charge in [-0.3, -0.25) is 0 Å². The maximum atomic E-state index is 12.2. The van der Waals surface area contributed by atoms with Crippen molar-refractivity contribution < 1.29 is 23.8 Å². The molecular weight excluding hydrogens is 436 g/mol. The van der Waals surface area contributed by atoms with Crippen LogP contribution in [0.2, 0.25) is 5.02 Å². The molecule has 1 aliphatic heterocycles. The Morgan fingerprint density at radius 1 is 1.07 bits per heavy atom. The molecule has 1 aliphatic rings. The molecule has 27 heavy (non-hydrogen) atoms. The van der Waals surface area contributed by atoms with E-state index in [1.807, 2.05) is 12.1 Å². The van der Waals surface area contributed by atoms with E-state index >= 15 is 0 Å². The number of carbonyl (C=O) groups excluding carboxylic acids is 2. The average Bonchev–Trinajstić information content (AvgIpc) is 2.58. The molecule has 3 rings (SSSR count). The monoisotopic (exact) mass is 450 g/mol. The molecule has 0 amide bonds. The van der Waals surface area contributed by atoms with Gasteiger partial charge in [-0.05, 0) is 42.0 Å². The standard InChI is InChI=1S/C20H16BrClO5/c1-20(2)26-18(23)16(19(24)27-20)10-13-9-14(21)5-8-17(13)25-11-12-3-6-15(22)7-4-12/h3-10H,11H2,1-2H3. The fraction of sp³-hybridized carbons (Fsp3) is 0.200. The topological polar surface area (TPSA) is 61.8 Å². The van der Waals surface area contributed by atoms with Gasteiger partial charge >= 0.3 is 11.9 Å². The molecule has 1 fully saturated rings. The van der Waals surface area contributed by atoms with Gasteiger partial charge in [-0.2, -0.15) is 0 Å². The van der Waals surface area contributed by atoms with Crippen LogP contribution in [0.4, 0.5) is 0 Å². The normalized spacial score (nSPS) is 15.8. The number of hydrogen-bond donors (Lipinski definition) is 0. The molecule has 0 unspecified atom stereocenters. The Hall–Kier alpha value is -2.31. The summed E-state index contributed by atoms with van der Waals surface area (Å²) < 4.78 is 16.9. The number of halogens is 2. The summed E-state index contributed by atoms with van der Waals surface area (Å²) in [7, 11) is 0. The number of esters is 2. The fourth-order valence-electron chi connectivity index (χ4n) is 2.44. The van der Waals surface area contributed by atoms with Gasteiger partial charge in [0.25, 0.3) is 5.79 Å². The number of cyclic esters (lactones) is 2. The predicted octanol–water partition coefficient (Wildman–Crippen LogP) is 4.90. The van der Waals surface area contributed by atoms with Gasteiger partial charge in [0.15, 0.2) is 0 Å². The molecule has 0 radical (unpaired) electrons. The molecule has 0 N–H and O–H groups in total. The molecule has 1 heterocycles. The summed E-state index contributed by atoms with van der Waals surface area (Å²) in [5.74, 6) is -2.25. The third-order valence-corrected chi connectivity index (χ3v) is 4.44. The van der Waals surface area contributed by atoms with Crippen molar-refractivity contribution in [1.29, 1.82) is 0 Å². The lowest BCUT2D eigenvalue weighted by molar-refractivity contribution is -0.222. The van der Waals surface area contributed by atoms with Gasteiger partial charge in [-0.25, -0.2) is 9.59 Å². The van der Waals surface area contributed by atoms with Crippen LogP contribution in [0.3, 0.4) is 0 Å². The second-order valence-corrected chi connectivity index (χ2v) is 7.69. The molecule has 2 aromatic rings. The van der Waals surface area contributed by atoms with E-state index in [9.17, 15) is 9.59 Å². The van der Waals surface area contributed by atoms with E-state index in [1.54, 1.807) is 30.3 Å². The van der Waals surface area contributed by atoms with Crippen LogP contribution in [-0.2, 0) is 25.7 Å². The van der Waals surface area contributed by atoms with Crippen LogP contribution in [0.15, 0.2) is 52.5 Å². The van der Waals surface area contributed by atoms with Crippen LogP contribution >= 0.6 is 27.5 Å². The van der Waals surface area contributed by atoms with Crippen LogP contribution in [-0.4, -0.2) is 17.7 Å². The smallest absolute Gasteiger partial charge is 0.348 e. The van der Waals surface area contributed by atoms with E-state index in [0.29, 0.717) is 22.9 Å². The molecule has 0 aromatic heterocycles. The lowest BCUT2D eigenvalue weighted by Gasteiger charge is -2.29. The van der Waals surface area contributed by atoms with Crippen molar-refractivity contribution >= 4 is 45.5 Å². The highest BCUT2D eigenvalue weighted by atomic mass is 79.9. The van der Waals surface area contributed by atoms with Crippen molar-refractivity contribution in [2.75, 3.05) is 0 Å². The summed E-state index contributed by atoms with van der Waals surface area (Å²) in [4.78, 5) is 24.4. The van der Waals surface area contributed by atoms with Crippen molar-refractivity contribution in [2.24, 2.45) is 0 Å². The molecule has 0 aliphatic carbocycles. The minimum absolute atomic E-state index is 0.191. The van der Waals surface area contributed by atoms with E-state index < -0.39 is 17.7 Å². The van der Waals surface area contributed by atoms with Crippen LogP contribution in [0.25, 0.3) is 6.08 Å². The van der Waals surface area contributed by atoms with Gasteiger partial charge in [-0.15, -0.1) is 0 Å². The second-order valence-electron chi connectivity index (χ2n) is 6.33. The maximum Gasteiger partial charge on any atom is 0.348 e. The highest BCUT2D eigenvalue weighted by molar-refractivity contribution is 9.10. The summed E-state index contributed by atoms with van der Waals surface area (Å²) in [5, 5.41) is 0.644. The number of benzene rings is 2. The molecule has 1 saturated heterocycles. The van der Waals surface area contributed by atoms with Crippen LogP contribution in [0, 0.1) is 0 Å². The zero-order valence-corrected chi connectivity index (χ0v) is 17.0. The second kappa shape index (κ2) is 7.74. The van der Waals surface area contributed by atoms with Crippen molar-refractivity contribution in [2.45, 2.75) is 26.2 Å². The Labute approximate surface area is 170 Å². The number of ether oxygens (including phenoxy) is 3. The summed E-state index contributed by atoms with van der Waals surface area (Å²) in [6.45, 7) is 3.30. The van der Waals surface area contributed by atoms with E-state index in [-0.39, 0.29) is 5.57 Å². The van der Waals surface area contributed by atoms with E-state index in [1.165, 1.54) is 19.9 Å². The van der Waals surface area contributed by atoms with Gasteiger partial charge in [-0.1, -0.05) is 39.7 Å². The highest BCUT2D eigenvalue weighted by Crippen LogP contribution is 2.29. The van der Waals surface area contributed by atoms with Gasteiger partial charge in [0.1, 0.15) is 17.9 Å². The predicted molar refractivity (Wildman–Crippen MR) is 104 cm³/mol. The largest absolute Gasteiger partial charge is 0.488 e. The number of carbonyl (C=O) groups is 2. The molecule has 0 atom stereocenters. The van der Waals surface area contributed by atoms with Crippen LogP contribution in [0.1, 0.15) is 25.0 Å². The fourth-order valence-corrected chi connectivity index (χ4v) is 2.94. The summed E-state index contributed by atoms with van der Waals surface area (Å²) in [5.41, 5.74) is 1.28. The van der Waals surface area contributed by atoms with Crippen LogP contribution < -0.4 is 4.74 Å². The molecule has 0 spiro atoms. The lowest BCUT2D eigenvalue weighted by atomic mass is 10.1. The Kier molecular flexibility index (Phi) is 5.58. The summed E-state index contributed by atoms with van der Waals surface area (Å²) in [6, 6.07) is 12.6. The Morgan fingerprint density at radius 3 is 2.33 bits per heavy atom. The summed E-state index contributed by atoms with van der Waals surface area (Å²) in [6.07, 6.45) is 1.40. The maximum absolute atomic E-state index is 12.2. The van der Waals surface area contributed by atoms with Gasteiger partial charge in [0.2, 0.25) is 0 Å². The first kappa shape index (κ1) is 19.5. The molecule has 0 bridgehead atoms. The van der Waals surface area contributed by atoms with E-state index in [0.717, 1.165) is 10.0 Å². The van der Waals surface area contributed by atoms with Crippen molar-refractivity contribution in [1.82, 2.24) is 0 Å². The Balaban J connectivity index is 1.87. The highest BCUT2D eigenvalue weighted by Gasteiger charge is 2.39. The van der Waals surface area contributed by atoms with Crippen molar-refractivity contribution in [3.05, 3.63) is 68.7 Å². The molecule has 7 heteroatoms. The summed E-state index contributed by atoms with van der Waals surface area (Å²) >= 11 is 9.27. The first-order chi connectivity index (χ1) is 12.7. The quantitative estimate of drug-likeness (QED) is 0.376. The van der Waals surface area contributed by atoms with Gasteiger partial charge in [0, 0.05) is 28.9 Å². The molecular formula is C20H16BrClO5. The van der Waals surface area contributed by atoms with E-state index in [4.69, 9.17) is 25.8 Å². The van der Waals surface area contributed by atoms with E-state index in [2.05, 4.69) is 15.9 Å².